The molecule has 0 saturated heterocycles. The van der Waals surface area contributed by atoms with E-state index < -0.39 is 12.4 Å². The molecule has 0 bridgehead atoms. The number of benzene rings is 1. The molecule has 1 nitrogen and oxygen atoms in total. The summed E-state index contributed by atoms with van der Waals surface area (Å²) < 4.78 is 37.2. The van der Waals surface area contributed by atoms with Crippen molar-refractivity contribution in [2.45, 2.75) is 0 Å². The fraction of sp³-hybridized carbons (Fsp3) is 0. The van der Waals surface area contributed by atoms with Gasteiger partial charge in [0.1, 0.15) is 0 Å². The smallest absolute Gasteiger partial charge is 0.445 e. The highest BCUT2D eigenvalue weighted by Gasteiger charge is 2.24. The van der Waals surface area contributed by atoms with Crippen LogP contribution in [-0.4, -0.2) is 12.0 Å². The molecule has 0 fully saturated rings. The summed E-state index contributed by atoms with van der Waals surface area (Å²) in [6, 6.07) is 10.6. The van der Waals surface area contributed by atoms with Crippen LogP contribution in [0.25, 0.3) is 12.2 Å². The van der Waals surface area contributed by atoms with E-state index in [2.05, 4.69) is 4.98 Å². The first-order valence-corrected chi connectivity index (χ1v) is 5.45. The second-order valence-corrected chi connectivity index (χ2v) is 3.83. The van der Waals surface area contributed by atoms with E-state index in [4.69, 9.17) is 0 Å². The number of aromatic nitrogens is 1. The van der Waals surface area contributed by atoms with E-state index in [0.29, 0.717) is 5.56 Å². The van der Waals surface area contributed by atoms with Gasteiger partial charge in [0.25, 0.3) is 0 Å². The van der Waals surface area contributed by atoms with Gasteiger partial charge in [0.05, 0.1) is 5.69 Å². The van der Waals surface area contributed by atoms with Crippen LogP contribution in [0.4, 0.5) is 12.9 Å². The first-order valence-electron chi connectivity index (χ1n) is 5.45. The molecule has 0 atom stereocenters. The Morgan fingerprint density at radius 3 is 2.17 bits per heavy atom. The third-order valence-electron chi connectivity index (χ3n) is 2.45. The Labute approximate surface area is 103 Å². The number of hydrogen-bond donors (Lipinski definition) is 0. The normalized spacial score (nSPS) is 11.9. The van der Waals surface area contributed by atoms with Gasteiger partial charge in [-0.3, -0.25) is 4.98 Å². The summed E-state index contributed by atoms with van der Waals surface area (Å²) in [4.78, 5) is 4.09. The van der Waals surface area contributed by atoms with Crippen molar-refractivity contribution in [1.29, 1.82) is 0 Å². The molecule has 1 aromatic carbocycles. The minimum absolute atomic E-state index is 0.579. The summed E-state index contributed by atoms with van der Waals surface area (Å²) in [7, 11) is 0. The van der Waals surface area contributed by atoms with Crippen LogP contribution in [0.15, 0.2) is 48.7 Å². The lowest BCUT2D eigenvalue weighted by molar-refractivity contribution is 0.501. The van der Waals surface area contributed by atoms with Gasteiger partial charge >= 0.3 is 6.98 Å². The number of halogens is 3. The molecule has 0 aliphatic carbocycles. The fourth-order valence-electron chi connectivity index (χ4n) is 1.48. The van der Waals surface area contributed by atoms with E-state index in [1.54, 1.807) is 24.4 Å². The molecular weight excluding hydrogens is 238 g/mol. The highest BCUT2D eigenvalue weighted by molar-refractivity contribution is 6.73. The lowest BCUT2D eigenvalue weighted by atomic mass is 9.80. The molecule has 2 rings (SSSR count). The summed E-state index contributed by atoms with van der Waals surface area (Å²) in [5, 5.41) is 0. The maximum absolute atomic E-state index is 12.4. The first kappa shape index (κ1) is 12.4. The van der Waals surface area contributed by atoms with Crippen LogP contribution >= 0.6 is 0 Å². The van der Waals surface area contributed by atoms with Crippen LogP contribution in [0.3, 0.4) is 0 Å². The van der Waals surface area contributed by atoms with Crippen LogP contribution in [0, 0.1) is 0 Å². The van der Waals surface area contributed by atoms with Gasteiger partial charge in [0, 0.05) is 6.20 Å². The van der Waals surface area contributed by atoms with Gasteiger partial charge in [-0.15, -0.1) is 5.46 Å². The molecular formula is C13H10BF3N-. The average Bonchev–Trinajstić information content (AvgIpc) is 2.37. The zero-order valence-electron chi connectivity index (χ0n) is 9.43. The second kappa shape index (κ2) is 5.08. The van der Waals surface area contributed by atoms with Gasteiger partial charge in [-0.25, -0.2) is 0 Å². The summed E-state index contributed by atoms with van der Waals surface area (Å²) in [6.07, 6.45) is 5.15. The standard InChI is InChI=1S/C13H10BF3N/c15-14(16,17)12-7-4-11(5-8-12)6-9-13-3-1-2-10-18-13/h1-10H/q-1/b9-6+. The first-order chi connectivity index (χ1) is 8.55. The molecule has 0 amide bonds. The van der Waals surface area contributed by atoms with Gasteiger partial charge in [0.2, 0.25) is 0 Å². The highest BCUT2D eigenvalue weighted by Crippen LogP contribution is 2.11. The van der Waals surface area contributed by atoms with Crippen molar-refractivity contribution in [3.8, 4) is 0 Å². The summed E-state index contributed by atoms with van der Waals surface area (Å²) in [6.45, 7) is -4.91. The van der Waals surface area contributed by atoms with Crippen molar-refractivity contribution in [3.63, 3.8) is 0 Å². The highest BCUT2D eigenvalue weighted by atomic mass is 19.4. The van der Waals surface area contributed by atoms with E-state index >= 15 is 0 Å². The van der Waals surface area contributed by atoms with E-state index in [0.717, 1.165) is 17.8 Å². The third kappa shape index (κ3) is 3.23. The molecule has 0 saturated carbocycles. The Kier molecular flexibility index (Phi) is 3.51. The molecule has 0 aliphatic rings. The third-order valence-corrected chi connectivity index (χ3v) is 2.45. The van der Waals surface area contributed by atoms with Crippen LogP contribution < -0.4 is 5.46 Å². The fourth-order valence-corrected chi connectivity index (χ4v) is 1.48. The lowest BCUT2D eigenvalue weighted by Crippen LogP contribution is -2.33. The van der Waals surface area contributed by atoms with Crippen LogP contribution in [0.2, 0.25) is 0 Å². The van der Waals surface area contributed by atoms with E-state index in [1.165, 1.54) is 12.1 Å². The summed E-state index contributed by atoms with van der Waals surface area (Å²) >= 11 is 0. The average molecular weight is 248 g/mol. The van der Waals surface area contributed by atoms with Crippen molar-refractivity contribution in [2.24, 2.45) is 0 Å². The molecule has 18 heavy (non-hydrogen) atoms. The van der Waals surface area contributed by atoms with Gasteiger partial charge in [0.15, 0.2) is 0 Å². The second-order valence-electron chi connectivity index (χ2n) is 3.83. The zero-order chi connectivity index (χ0) is 13.0. The van der Waals surface area contributed by atoms with Crippen molar-refractivity contribution in [3.05, 3.63) is 59.9 Å². The Bertz CT molecular complexity index is 532. The van der Waals surface area contributed by atoms with Gasteiger partial charge in [-0.1, -0.05) is 36.4 Å². The SMILES string of the molecule is F[B-](F)(F)c1ccc(/C=C/c2ccccn2)cc1. The maximum atomic E-state index is 12.4. The number of pyridine rings is 1. The molecule has 2 aromatic rings. The molecule has 0 N–H and O–H groups in total. The minimum atomic E-state index is -4.91. The van der Waals surface area contributed by atoms with Crippen LogP contribution in [0.5, 0.6) is 0 Å². The largest absolute Gasteiger partial charge is 0.509 e. The topological polar surface area (TPSA) is 12.9 Å². The number of rotatable bonds is 3. The van der Waals surface area contributed by atoms with E-state index in [9.17, 15) is 12.9 Å². The van der Waals surface area contributed by atoms with E-state index in [-0.39, 0.29) is 0 Å². The molecule has 92 valence electrons. The number of hydrogen-bond acceptors (Lipinski definition) is 1. The Morgan fingerprint density at radius 2 is 1.61 bits per heavy atom. The predicted octanol–water partition coefficient (Wildman–Crippen LogP) is 3.31. The molecule has 0 aliphatic heterocycles. The molecule has 1 heterocycles. The zero-order valence-corrected chi connectivity index (χ0v) is 9.43. The molecule has 1 aromatic heterocycles. The molecule has 0 spiro atoms. The van der Waals surface area contributed by atoms with Crippen molar-refractivity contribution in [2.75, 3.05) is 0 Å². The Morgan fingerprint density at radius 1 is 0.889 bits per heavy atom. The van der Waals surface area contributed by atoms with Crippen LogP contribution in [-0.2, 0) is 0 Å². The van der Waals surface area contributed by atoms with Crippen LogP contribution in [0.1, 0.15) is 11.3 Å². The Hall–Kier alpha value is -2.04. The minimum Gasteiger partial charge on any atom is -0.445 e. The number of nitrogens with zero attached hydrogens (tertiary/aromatic N) is 1. The molecule has 0 radical (unpaired) electrons. The van der Waals surface area contributed by atoms with Crippen molar-refractivity contribution >= 4 is 24.6 Å². The molecule has 0 unspecified atom stereocenters. The van der Waals surface area contributed by atoms with Crippen molar-refractivity contribution < 1.29 is 12.9 Å². The van der Waals surface area contributed by atoms with Crippen molar-refractivity contribution in [1.82, 2.24) is 4.98 Å². The van der Waals surface area contributed by atoms with Gasteiger partial charge < -0.3 is 12.9 Å². The van der Waals surface area contributed by atoms with E-state index in [1.807, 2.05) is 12.1 Å². The Balaban J connectivity index is 2.14. The summed E-state index contributed by atoms with van der Waals surface area (Å²) in [5.74, 6) is 0. The lowest BCUT2D eigenvalue weighted by Gasteiger charge is -2.14. The molecule has 5 heteroatoms. The summed E-state index contributed by atoms with van der Waals surface area (Å²) in [5.41, 5.74) is 0.899. The maximum Gasteiger partial charge on any atom is 0.509 e. The van der Waals surface area contributed by atoms with Gasteiger partial charge in [-0.05, 0) is 23.8 Å². The predicted molar refractivity (Wildman–Crippen MR) is 68.3 cm³/mol. The quantitative estimate of drug-likeness (QED) is 0.759. The monoisotopic (exact) mass is 248 g/mol. The van der Waals surface area contributed by atoms with Gasteiger partial charge in [-0.2, -0.15) is 0 Å².